The zero-order valence-electron chi connectivity index (χ0n) is 13.8. The molecule has 0 radical (unpaired) electrons. The number of nitrogens with two attached hydrogens (primary N) is 1. The first kappa shape index (κ1) is 17.4. The van der Waals surface area contributed by atoms with E-state index in [1.165, 1.54) is 6.20 Å². The Labute approximate surface area is 139 Å². The molecule has 0 fully saturated rings. The number of hydrogen-bond donors (Lipinski definition) is 1. The number of carbonyl (C=O) groups is 2. The van der Waals surface area contributed by atoms with Crippen molar-refractivity contribution in [3.63, 3.8) is 0 Å². The van der Waals surface area contributed by atoms with E-state index in [-0.39, 0.29) is 17.8 Å². The molecule has 7 heteroatoms. The fourth-order valence-corrected chi connectivity index (χ4v) is 2.04. The highest BCUT2D eigenvalue weighted by Crippen LogP contribution is 2.13. The fourth-order valence-electron chi connectivity index (χ4n) is 2.04. The van der Waals surface area contributed by atoms with Crippen LogP contribution in [0.2, 0.25) is 0 Å². The largest absolute Gasteiger partial charge is 0.460 e. The molecule has 0 aliphatic heterocycles. The first-order valence-corrected chi connectivity index (χ1v) is 7.37. The van der Waals surface area contributed by atoms with E-state index in [4.69, 9.17) is 10.5 Å². The van der Waals surface area contributed by atoms with Gasteiger partial charge in [0, 0.05) is 17.3 Å². The third-order valence-electron chi connectivity index (χ3n) is 3.03. The van der Waals surface area contributed by atoms with Crippen molar-refractivity contribution in [1.29, 1.82) is 0 Å². The highest BCUT2D eigenvalue weighted by atomic mass is 16.6. The summed E-state index contributed by atoms with van der Waals surface area (Å²) >= 11 is 0. The van der Waals surface area contributed by atoms with Gasteiger partial charge in [-0.1, -0.05) is 18.2 Å². The van der Waals surface area contributed by atoms with Crippen molar-refractivity contribution in [2.75, 3.05) is 5.73 Å². The first-order valence-electron chi connectivity index (χ1n) is 7.37. The molecule has 2 N–H and O–H groups in total. The van der Waals surface area contributed by atoms with Crippen LogP contribution >= 0.6 is 0 Å². The highest BCUT2D eigenvalue weighted by Gasteiger charge is 2.20. The topological polar surface area (TPSA) is 104 Å². The van der Waals surface area contributed by atoms with E-state index in [1.807, 2.05) is 0 Å². The zero-order valence-corrected chi connectivity index (χ0v) is 13.8. The van der Waals surface area contributed by atoms with E-state index < -0.39 is 23.2 Å². The quantitative estimate of drug-likeness (QED) is 0.854. The molecule has 24 heavy (non-hydrogen) atoms. The minimum Gasteiger partial charge on any atom is -0.460 e. The molecular formula is C17H19N3O4. The molecule has 0 aliphatic rings. The van der Waals surface area contributed by atoms with E-state index in [9.17, 15) is 14.4 Å². The van der Waals surface area contributed by atoms with Crippen LogP contribution in [0.5, 0.6) is 0 Å². The van der Waals surface area contributed by atoms with Gasteiger partial charge in [-0.15, -0.1) is 0 Å². The monoisotopic (exact) mass is 329 g/mol. The zero-order chi connectivity index (χ0) is 17.9. The molecule has 0 saturated carbocycles. The highest BCUT2D eigenvalue weighted by molar-refractivity contribution is 5.95. The Morgan fingerprint density at radius 3 is 2.42 bits per heavy atom. The summed E-state index contributed by atoms with van der Waals surface area (Å²) in [7, 11) is 0. The number of hydrogen-bond acceptors (Lipinski definition) is 6. The van der Waals surface area contributed by atoms with Crippen LogP contribution in [0, 0.1) is 0 Å². The van der Waals surface area contributed by atoms with Crippen LogP contribution in [0.15, 0.2) is 41.3 Å². The lowest BCUT2D eigenvalue weighted by Gasteiger charge is -2.19. The Kier molecular flexibility index (Phi) is 4.82. The van der Waals surface area contributed by atoms with Crippen LogP contribution in [-0.2, 0) is 16.0 Å². The summed E-state index contributed by atoms with van der Waals surface area (Å²) in [5, 5.41) is 0. The van der Waals surface area contributed by atoms with Gasteiger partial charge < -0.3 is 10.5 Å². The lowest BCUT2D eigenvalue weighted by molar-refractivity contribution is -0.153. The average molecular weight is 329 g/mol. The fraction of sp³-hybridized carbons (Fsp3) is 0.294. The van der Waals surface area contributed by atoms with Gasteiger partial charge in [-0.25, -0.2) is 9.36 Å². The first-order chi connectivity index (χ1) is 11.2. The summed E-state index contributed by atoms with van der Waals surface area (Å²) in [6.07, 6.45) is 1.06. The van der Waals surface area contributed by atoms with Gasteiger partial charge in [-0.3, -0.25) is 9.59 Å². The van der Waals surface area contributed by atoms with Crippen LogP contribution in [0.4, 0.5) is 5.82 Å². The Balaban J connectivity index is 2.34. The van der Waals surface area contributed by atoms with E-state index in [0.717, 1.165) is 4.57 Å². The Morgan fingerprint density at radius 1 is 1.21 bits per heavy atom. The lowest BCUT2D eigenvalue weighted by Crippen LogP contribution is -2.31. The predicted octanol–water partition coefficient (Wildman–Crippen LogP) is 1.40. The SMILES string of the molecule is CC(C)(C)OC(=O)Cc1cn(C(=O)c2ccccc2)c(=O)nc1N. The second kappa shape index (κ2) is 6.66. The molecule has 0 unspecified atom stereocenters. The van der Waals surface area contributed by atoms with Gasteiger partial charge >= 0.3 is 11.7 Å². The van der Waals surface area contributed by atoms with Crippen LogP contribution in [0.3, 0.4) is 0 Å². The number of nitrogen functional groups attached to an aromatic ring is 1. The van der Waals surface area contributed by atoms with Gasteiger partial charge in [0.05, 0.1) is 6.42 Å². The van der Waals surface area contributed by atoms with Crippen LogP contribution < -0.4 is 11.4 Å². The Morgan fingerprint density at radius 2 is 1.83 bits per heavy atom. The Hall–Kier alpha value is -2.96. The molecular weight excluding hydrogens is 310 g/mol. The van der Waals surface area contributed by atoms with Crippen LogP contribution in [0.25, 0.3) is 0 Å². The molecule has 7 nitrogen and oxygen atoms in total. The van der Waals surface area contributed by atoms with E-state index in [0.29, 0.717) is 5.56 Å². The maximum atomic E-state index is 12.4. The molecule has 1 heterocycles. The standard InChI is InChI=1S/C17H19N3O4/c1-17(2,3)24-13(21)9-12-10-20(16(23)19-14(12)18)15(22)11-7-5-4-6-8-11/h4-8,10H,9H2,1-3H3,(H2,18,19,23). The third kappa shape index (κ3) is 4.28. The number of esters is 1. The van der Waals surface area contributed by atoms with Crippen molar-refractivity contribution in [2.45, 2.75) is 32.8 Å². The van der Waals surface area contributed by atoms with E-state index in [1.54, 1.807) is 51.1 Å². The molecule has 126 valence electrons. The lowest BCUT2D eigenvalue weighted by atomic mass is 10.1. The molecule has 0 atom stereocenters. The minimum absolute atomic E-state index is 0.0945. The van der Waals surface area contributed by atoms with Crippen LogP contribution in [0.1, 0.15) is 36.7 Å². The van der Waals surface area contributed by atoms with Gasteiger partial charge in [-0.2, -0.15) is 4.98 Å². The smallest absolute Gasteiger partial charge is 0.356 e. The van der Waals surface area contributed by atoms with Crippen molar-refractivity contribution in [3.8, 4) is 0 Å². The number of nitrogens with zero attached hydrogens (tertiary/aromatic N) is 2. The number of benzene rings is 1. The van der Waals surface area contributed by atoms with Gasteiger partial charge in [0.2, 0.25) is 0 Å². The van der Waals surface area contributed by atoms with Crippen molar-refractivity contribution >= 4 is 17.7 Å². The van der Waals surface area contributed by atoms with Crippen molar-refractivity contribution in [3.05, 3.63) is 58.1 Å². The molecule has 1 aromatic heterocycles. The summed E-state index contributed by atoms with van der Waals surface area (Å²) in [5.41, 5.74) is 4.84. The van der Waals surface area contributed by atoms with Gasteiger partial charge in [0.25, 0.3) is 5.91 Å². The maximum absolute atomic E-state index is 12.4. The molecule has 0 aliphatic carbocycles. The summed E-state index contributed by atoms with van der Waals surface area (Å²) in [6.45, 7) is 5.23. The average Bonchev–Trinajstić information content (AvgIpc) is 2.48. The second-order valence-electron chi connectivity index (χ2n) is 6.24. The van der Waals surface area contributed by atoms with Crippen molar-refractivity contribution in [1.82, 2.24) is 9.55 Å². The number of carbonyl (C=O) groups excluding carboxylic acids is 2. The Bertz CT molecular complexity index is 820. The normalized spacial score (nSPS) is 11.1. The summed E-state index contributed by atoms with van der Waals surface area (Å²) < 4.78 is 6.06. The molecule has 1 aromatic carbocycles. The maximum Gasteiger partial charge on any atom is 0.356 e. The van der Waals surface area contributed by atoms with Gasteiger partial charge in [-0.05, 0) is 32.9 Å². The van der Waals surface area contributed by atoms with Crippen LogP contribution in [-0.4, -0.2) is 27.0 Å². The molecule has 0 bridgehead atoms. The predicted molar refractivity (Wildman–Crippen MR) is 88.6 cm³/mol. The summed E-state index contributed by atoms with van der Waals surface area (Å²) in [4.78, 5) is 39.9. The number of anilines is 1. The molecule has 0 saturated heterocycles. The van der Waals surface area contributed by atoms with Crippen molar-refractivity contribution in [2.24, 2.45) is 0 Å². The van der Waals surface area contributed by atoms with Gasteiger partial charge in [0.1, 0.15) is 11.4 Å². The number of aromatic nitrogens is 2. The van der Waals surface area contributed by atoms with Crippen molar-refractivity contribution < 1.29 is 14.3 Å². The number of rotatable bonds is 3. The summed E-state index contributed by atoms with van der Waals surface area (Å²) in [6, 6.07) is 8.29. The third-order valence-corrected chi connectivity index (χ3v) is 3.03. The molecule has 2 aromatic rings. The summed E-state index contributed by atoms with van der Waals surface area (Å²) in [5.74, 6) is -1.16. The minimum atomic E-state index is -0.797. The second-order valence-corrected chi connectivity index (χ2v) is 6.24. The molecule has 2 rings (SSSR count). The van der Waals surface area contributed by atoms with E-state index in [2.05, 4.69) is 4.98 Å². The van der Waals surface area contributed by atoms with Gasteiger partial charge in [0.15, 0.2) is 0 Å². The molecule has 0 amide bonds. The van der Waals surface area contributed by atoms with E-state index >= 15 is 0 Å². The molecule has 0 spiro atoms. The number of ether oxygens (including phenoxy) is 1.